The maximum absolute atomic E-state index is 11.4. The van der Waals surface area contributed by atoms with Gasteiger partial charge in [0.25, 0.3) is 0 Å². The lowest BCUT2D eigenvalue weighted by atomic mass is 10.1. The Balaban J connectivity index is 2.20. The van der Waals surface area contributed by atoms with Crippen LogP contribution in [-0.4, -0.2) is 25.7 Å². The van der Waals surface area contributed by atoms with Crippen LogP contribution in [0, 0.1) is 0 Å². The van der Waals surface area contributed by atoms with E-state index in [0.717, 1.165) is 6.26 Å². The first-order valence-corrected chi connectivity index (χ1v) is 11.0. The number of aliphatic carboxylic acids is 1. The summed E-state index contributed by atoms with van der Waals surface area (Å²) in [6.07, 6.45) is 0.948. The fourth-order valence-electron chi connectivity index (χ4n) is 2.19. The first-order valence-electron chi connectivity index (χ1n) is 7.13. The monoisotopic (exact) mass is 525 g/mol. The minimum absolute atomic E-state index is 0.105. The van der Waals surface area contributed by atoms with Gasteiger partial charge in [0.15, 0.2) is 0 Å². The summed E-state index contributed by atoms with van der Waals surface area (Å²) in [7, 11) is -3.42. The lowest BCUT2D eigenvalue weighted by Gasteiger charge is -2.13. The van der Waals surface area contributed by atoms with E-state index < -0.39 is 16.0 Å². The normalized spacial score (nSPS) is 11.2. The molecule has 0 saturated carbocycles. The predicted octanol–water partition coefficient (Wildman–Crippen LogP) is 4.44. The van der Waals surface area contributed by atoms with E-state index in [1.807, 2.05) is 0 Å². The smallest absolute Gasteiger partial charge is 0.307 e. The number of hydrogen-bond donors (Lipinski definition) is 2. The zero-order chi connectivity index (χ0) is 19.5. The molecule has 0 radical (unpaired) electrons. The first-order chi connectivity index (χ1) is 12.0. The van der Waals surface area contributed by atoms with Crippen molar-refractivity contribution in [2.45, 2.75) is 13.0 Å². The molecule has 6 nitrogen and oxygen atoms in total. The van der Waals surface area contributed by atoms with E-state index in [-0.39, 0.29) is 13.0 Å². The minimum atomic E-state index is -3.42. The van der Waals surface area contributed by atoms with Gasteiger partial charge >= 0.3 is 5.97 Å². The molecular weight excluding hydrogens is 514 g/mol. The van der Waals surface area contributed by atoms with Gasteiger partial charge in [-0.3, -0.25) is 9.52 Å². The molecule has 0 unspecified atom stereocenters. The van der Waals surface area contributed by atoms with E-state index in [1.165, 1.54) is 6.07 Å². The van der Waals surface area contributed by atoms with Crippen LogP contribution in [0.15, 0.2) is 39.3 Å². The summed E-state index contributed by atoms with van der Waals surface area (Å²) in [5, 5.41) is 9.25. The Morgan fingerprint density at radius 2 is 1.77 bits per heavy atom. The van der Waals surface area contributed by atoms with Crippen molar-refractivity contribution in [2.75, 3.05) is 11.0 Å². The Hall–Kier alpha value is -1.29. The Morgan fingerprint density at radius 3 is 2.31 bits per heavy atom. The molecule has 2 N–H and O–H groups in total. The van der Waals surface area contributed by atoms with Gasteiger partial charge in [0.1, 0.15) is 12.4 Å². The molecule has 140 valence electrons. The van der Waals surface area contributed by atoms with Gasteiger partial charge in [-0.15, -0.1) is 0 Å². The molecule has 0 atom stereocenters. The second-order valence-electron chi connectivity index (χ2n) is 5.47. The molecule has 10 heteroatoms. The predicted molar refractivity (Wildman–Crippen MR) is 107 cm³/mol. The van der Waals surface area contributed by atoms with Crippen molar-refractivity contribution < 1.29 is 23.1 Å². The molecule has 0 aliphatic heterocycles. The molecule has 0 heterocycles. The van der Waals surface area contributed by atoms with Crippen LogP contribution in [-0.2, 0) is 27.8 Å². The summed E-state index contributed by atoms with van der Waals surface area (Å²) in [6.45, 7) is 0.133. The van der Waals surface area contributed by atoms with Crippen molar-refractivity contribution in [1.82, 2.24) is 0 Å². The molecule has 0 aromatic heterocycles. The Morgan fingerprint density at radius 1 is 1.15 bits per heavy atom. The van der Waals surface area contributed by atoms with Crippen LogP contribution < -0.4 is 9.46 Å². The Kier molecular flexibility index (Phi) is 6.95. The molecule has 0 fully saturated rings. The topological polar surface area (TPSA) is 92.7 Å². The van der Waals surface area contributed by atoms with Crippen LogP contribution >= 0.6 is 43.5 Å². The number of ether oxygens (including phenoxy) is 1. The van der Waals surface area contributed by atoms with Gasteiger partial charge in [-0.2, -0.15) is 0 Å². The average molecular weight is 528 g/mol. The number of carboxylic acids is 1. The average Bonchev–Trinajstić information content (AvgIpc) is 2.42. The van der Waals surface area contributed by atoms with Crippen molar-refractivity contribution >= 4 is 65.1 Å². The molecule has 0 aliphatic rings. The van der Waals surface area contributed by atoms with Crippen molar-refractivity contribution in [2.24, 2.45) is 0 Å². The van der Waals surface area contributed by atoms with Gasteiger partial charge < -0.3 is 9.84 Å². The lowest BCUT2D eigenvalue weighted by Crippen LogP contribution is -2.10. The molecule has 2 aromatic carbocycles. The molecule has 2 aromatic rings. The van der Waals surface area contributed by atoms with Crippen LogP contribution in [0.1, 0.15) is 11.1 Å². The minimum Gasteiger partial charge on any atom is -0.487 e. The Bertz CT molecular complexity index is 927. The number of benzene rings is 2. The molecule has 0 aliphatic carbocycles. The fraction of sp³-hybridized carbons (Fsp3) is 0.188. The number of carbonyl (C=O) groups is 1. The summed E-state index contributed by atoms with van der Waals surface area (Å²) in [4.78, 5) is 10.8. The molecule has 0 spiro atoms. The van der Waals surface area contributed by atoms with Gasteiger partial charge in [0, 0.05) is 5.02 Å². The third kappa shape index (κ3) is 6.46. The molecular formula is C16H14Br2ClNO5S. The molecule has 2 rings (SSSR count). The summed E-state index contributed by atoms with van der Waals surface area (Å²) in [5.74, 6) is -0.431. The van der Waals surface area contributed by atoms with E-state index in [0.29, 0.717) is 36.5 Å². The highest BCUT2D eigenvalue weighted by atomic mass is 79.9. The third-order valence-corrected chi connectivity index (χ3v) is 5.06. The SMILES string of the molecule is CS(=O)(=O)Nc1cc(Cl)cc(COc2c(Br)cc(CC(=O)O)cc2Br)c1. The number of nitrogens with one attached hydrogen (secondary N) is 1. The zero-order valence-corrected chi connectivity index (χ0v) is 18.2. The van der Waals surface area contributed by atoms with Crippen molar-refractivity contribution in [1.29, 1.82) is 0 Å². The molecule has 0 bridgehead atoms. The summed E-state index contributed by atoms with van der Waals surface area (Å²) in [5.41, 5.74) is 1.62. The number of halogens is 3. The zero-order valence-electron chi connectivity index (χ0n) is 13.4. The first kappa shape index (κ1) is 21.0. The van der Waals surface area contributed by atoms with Crippen molar-refractivity contribution in [3.63, 3.8) is 0 Å². The van der Waals surface area contributed by atoms with Crippen LogP contribution in [0.25, 0.3) is 0 Å². The maximum atomic E-state index is 11.4. The number of rotatable bonds is 7. The van der Waals surface area contributed by atoms with Crippen molar-refractivity contribution in [3.8, 4) is 5.75 Å². The standard InChI is InChI=1S/C16H14Br2ClNO5S/c1-26(23,24)20-12-3-10(2-11(19)7-12)8-25-16-13(17)4-9(5-14(16)18)6-15(21)22/h2-5,7,20H,6,8H2,1H3,(H,21,22). The van der Waals surface area contributed by atoms with Gasteiger partial charge in [-0.25, -0.2) is 8.42 Å². The number of carboxylic acid groups (broad SMARTS) is 1. The highest BCUT2D eigenvalue weighted by Crippen LogP contribution is 2.35. The number of hydrogen-bond acceptors (Lipinski definition) is 4. The van der Waals surface area contributed by atoms with Gasteiger partial charge in [0.05, 0.1) is 27.3 Å². The summed E-state index contributed by atoms with van der Waals surface area (Å²) in [6, 6.07) is 8.12. The molecule has 0 saturated heterocycles. The van der Waals surface area contributed by atoms with Gasteiger partial charge in [-0.05, 0) is 73.3 Å². The van der Waals surface area contributed by atoms with E-state index in [4.69, 9.17) is 21.4 Å². The molecule has 0 amide bonds. The van der Waals surface area contributed by atoms with Crippen LogP contribution in [0.3, 0.4) is 0 Å². The highest BCUT2D eigenvalue weighted by molar-refractivity contribution is 9.11. The van der Waals surface area contributed by atoms with Crippen LogP contribution in [0.2, 0.25) is 5.02 Å². The van der Waals surface area contributed by atoms with Crippen LogP contribution in [0.5, 0.6) is 5.75 Å². The quantitative estimate of drug-likeness (QED) is 0.555. The van der Waals surface area contributed by atoms with E-state index in [9.17, 15) is 13.2 Å². The summed E-state index contributed by atoms with van der Waals surface area (Å²) >= 11 is 12.8. The second-order valence-corrected chi connectivity index (χ2v) is 9.36. The molecule has 26 heavy (non-hydrogen) atoms. The third-order valence-electron chi connectivity index (χ3n) is 3.06. The summed E-state index contributed by atoms with van der Waals surface area (Å²) < 4.78 is 32.1. The maximum Gasteiger partial charge on any atom is 0.307 e. The van der Waals surface area contributed by atoms with E-state index in [1.54, 1.807) is 24.3 Å². The van der Waals surface area contributed by atoms with Crippen LogP contribution in [0.4, 0.5) is 5.69 Å². The largest absolute Gasteiger partial charge is 0.487 e. The fourth-order valence-corrected chi connectivity index (χ4v) is 4.50. The van der Waals surface area contributed by atoms with Gasteiger partial charge in [0.2, 0.25) is 10.0 Å². The highest BCUT2D eigenvalue weighted by Gasteiger charge is 2.12. The van der Waals surface area contributed by atoms with Crippen molar-refractivity contribution in [3.05, 3.63) is 55.4 Å². The second kappa shape index (κ2) is 8.60. The lowest BCUT2D eigenvalue weighted by molar-refractivity contribution is -0.136. The van der Waals surface area contributed by atoms with E-state index >= 15 is 0 Å². The van der Waals surface area contributed by atoms with Gasteiger partial charge in [-0.1, -0.05) is 11.6 Å². The number of sulfonamides is 1. The number of anilines is 1. The Labute approximate surface area is 172 Å². The van der Waals surface area contributed by atoms with E-state index in [2.05, 4.69) is 36.6 Å².